The Balaban J connectivity index is 1.80. The molecule has 1 aromatic carbocycles. The Hall–Kier alpha value is -1.43. The van der Waals surface area contributed by atoms with Crippen LogP contribution in [0.1, 0.15) is 18.4 Å². The fourth-order valence-electron chi connectivity index (χ4n) is 3.23. The van der Waals surface area contributed by atoms with Crippen molar-refractivity contribution in [1.82, 2.24) is 4.90 Å². The molecule has 2 N–H and O–H groups in total. The number of fused-ring (bicyclic) bond motifs is 1. The highest BCUT2D eigenvalue weighted by atomic mass is 19.4. The summed E-state index contributed by atoms with van der Waals surface area (Å²) < 4.78 is 37.9. The number of rotatable bonds is 1. The third kappa shape index (κ3) is 2.44. The molecule has 0 amide bonds. The molecule has 0 radical (unpaired) electrons. The summed E-state index contributed by atoms with van der Waals surface area (Å²) in [5.74, 6) is 0. The summed E-state index contributed by atoms with van der Waals surface area (Å²) in [7, 11) is 0. The second-order valence-corrected chi connectivity index (χ2v) is 5.55. The zero-order valence-corrected chi connectivity index (χ0v) is 11.2. The second-order valence-electron chi connectivity index (χ2n) is 5.55. The molecule has 110 valence electrons. The minimum Gasteiger partial charge on any atom is -0.397 e. The molecule has 0 spiro atoms. The van der Waals surface area contributed by atoms with E-state index in [1.54, 1.807) is 0 Å². The molecule has 2 heterocycles. The first-order valence-electron chi connectivity index (χ1n) is 6.91. The molecule has 2 aliphatic heterocycles. The predicted octanol–water partition coefficient (Wildman–Crippen LogP) is 2.57. The van der Waals surface area contributed by atoms with Crippen LogP contribution in [0.3, 0.4) is 0 Å². The summed E-state index contributed by atoms with van der Waals surface area (Å²) in [5, 5.41) is 0. The van der Waals surface area contributed by atoms with Gasteiger partial charge in [0.2, 0.25) is 0 Å². The van der Waals surface area contributed by atoms with E-state index in [0.29, 0.717) is 6.04 Å². The number of nitrogen functional groups attached to an aromatic ring is 1. The number of hydrogen-bond acceptors (Lipinski definition) is 3. The van der Waals surface area contributed by atoms with Crippen molar-refractivity contribution in [1.29, 1.82) is 0 Å². The lowest BCUT2D eigenvalue weighted by atomic mass is 10.1. The molecular weight excluding hydrogens is 267 g/mol. The molecule has 1 unspecified atom stereocenters. The van der Waals surface area contributed by atoms with Gasteiger partial charge in [0, 0.05) is 25.7 Å². The van der Waals surface area contributed by atoms with E-state index in [4.69, 9.17) is 5.73 Å². The Labute approximate surface area is 116 Å². The van der Waals surface area contributed by atoms with Crippen molar-refractivity contribution in [2.75, 3.05) is 36.8 Å². The number of piperazine rings is 1. The molecule has 0 saturated carbocycles. The van der Waals surface area contributed by atoms with Crippen molar-refractivity contribution in [3.05, 3.63) is 23.8 Å². The van der Waals surface area contributed by atoms with Crippen LogP contribution < -0.4 is 10.6 Å². The average Bonchev–Trinajstić information content (AvgIpc) is 2.84. The van der Waals surface area contributed by atoms with Crippen LogP contribution >= 0.6 is 0 Å². The predicted molar refractivity (Wildman–Crippen MR) is 72.7 cm³/mol. The molecule has 0 bridgehead atoms. The molecule has 1 atom stereocenters. The molecule has 2 saturated heterocycles. The molecule has 6 heteroatoms. The molecule has 2 fully saturated rings. The van der Waals surface area contributed by atoms with Crippen LogP contribution in [0.15, 0.2) is 18.2 Å². The van der Waals surface area contributed by atoms with E-state index in [1.807, 2.05) is 0 Å². The van der Waals surface area contributed by atoms with E-state index in [-0.39, 0.29) is 5.69 Å². The highest BCUT2D eigenvalue weighted by molar-refractivity contribution is 5.69. The Morgan fingerprint density at radius 2 is 1.95 bits per heavy atom. The van der Waals surface area contributed by atoms with Crippen molar-refractivity contribution < 1.29 is 13.2 Å². The van der Waals surface area contributed by atoms with Gasteiger partial charge in [0.15, 0.2) is 0 Å². The van der Waals surface area contributed by atoms with Crippen LogP contribution in [-0.2, 0) is 6.18 Å². The van der Waals surface area contributed by atoms with Gasteiger partial charge in [0.1, 0.15) is 0 Å². The van der Waals surface area contributed by atoms with Gasteiger partial charge in [0.05, 0.1) is 16.9 Å². The fraction of sp³-hybridized carbons (Fsp3) is 0.571. The lowest BCUT2D eigenvalue weighted by Gasteiger charge is -2.39. The first-order chi connectivity index (χ1) is 9.45. The standard InChI is InChI=1S/C14H18F3N3/c15-14(16,17)10-3-4-13(12(18)8-10)20-7-6-19-5-1-2-11(19)9-20/h3-4,8,11H,1-2,5-7,9,18H2. The number of halogens is 3. The van der Waals surface area contributed by atoms with Crippen LogP contribution in [0.5, 0.6) is 0 Å². The molecule has 3 rings (SSSR count). The van der Waals surface area contributed by atoms with Gasteiger partial charge in [-0.15, -0.1) is 0 Å². The third-order valence-corrected chi connectivity index (χ3v) is 4.28. The minimum atomic E-state index is -4.34. The lowest BCUT2D eigenvalue weighted by Crippen LogP contribution is -2.50. The maximum atomic E-state index is 12.6. The van der Waals surface area contributed by atoms with Gasteiger partial charge in [-0.2, -0.15) is 13.2 Å². The highest BCUT2D eigenvalue weighted by Gasteiger charge is 2.33. The summed E-state index contributed by atoms with van der Waals surface area (Å²) in [5.41, 5.74) is 6.09. The number of hydrogen-bond donors (Lipinski definition) is 1. The van der Waals surface area contributed by atoms with Crippen molar-refractivity contribution in [2.24, 2.45) is 0 Å². The van der Waals surface area contributed by atoms with E-state index in [1.165, 1.54) is 12.5 Å². The van der Waals surface area contributed by atoms with E-state index in [2.05, 4.69) is 9.80 Å². The maximum Gasteiger partial charge on any atom is 0.416 e. The highest BCUT2D eigenvalue weighted by Crippen LogP contribution is 2.35. The van der Waals surface area contributed by atoms with Gasteiger partial charge in [-0.1, -0.05) is 0 Å². The Morgan fingerprint density at radius 1 is 1.15 bits per heavy atom. The van der Waals surface area contributed by atoms with Gasteiger partial charge in [-0.05, 0) is 37.6 Å². The molecule has 2 aliphatic rings. The molecule has 0 aliphatic carbocycles. The normalized spacial score (nSPS) is 23.9. The Morgan fingerprint density at radius 3 is 2.65 bits per heavy atom. The first kappa shape index (κ1) is 13.5. The number of benzene rings is 1. The summed E-state index contributed by atoms with van der Waals surface area (Å²) in [6.07, 6.45) is -1.96. The van der Waals surface area contributed by atoms with Crippen molar-refractivity contribution in [3.63, 3.8) is 0 Å². The number of nitrogens with zero attached hydrogens (tertiary/aromatic N) is 2. The van der Waals surface area contributed by atoms with Crippen molar-refractivity contribution in [2.45, 2.75) is 25.1 Å². The number of alkyl halides is 3. The summed E-state index contributed by atoms with van der Waals surface area (Å²) >= 11 is 0. The van der Waals surface area contributed by atoms with Crippen molar-refractivity contribution >= 4 is 11.4 Å². The number of anilines is 2. The van der Waals surface area contributed by atoms with Crippen LogP contribution in [0.2, 0.25) is 0 Å². The topological polar surface area (TPSA) is 32.5 Å². The molecule has 0 aromatic heterocycles. The van der Waals surface area contributed by atoms with E-state index in [0.717, 1.165) is 50.4 Å². The van der Waals surface area contributed by atoms with Gasteiger partial charge in [-0.3, -0.25) is 4.90 Å². The monoisotopic (exact) mass is 285 g/mol. The van der Waals surface area contributed by atoms with Crippen LogP contribution in [0.4, 0.5) is 24.5 Å². The SMILES string of the molecule is Nc1cc(C(F)(F)F)ccc1N1CCN2CCCC2C1. The van der Waals surface area contributed by atoms with Crippen LogP contribution in [0.25, 0.3) is 0 Å². The molecule has 1 aromatic rings. The molecular formula is C14H18F3N3. The van der Waals surface area contributed by atoms with Gasteiger partial charge >= 0.3 is 6.18 Å². The quantitative estimate of drug-likeness (QED) is 0.805. The Bertz CT molecular complexity index is 501. The summed E-state index contributed by atoms with van der Waals surface area (Å²) in [6, 6.07) is 4.18. The van der Waals surface area contributed by atoms with Gasteiger partial charge in [0.25, 0.3) is 0 Å². The smallest absolute Gasteiger partial charge is 0.397 e. The van der Waals surface area contributed by atoms with E-state index < -0.39 is 11.7 Å². The van der Waals surface area contributed by atoms with Crippen LogP contribution in [0, 0.1) is 0 Å². The van der Waals surface area contributed by atoms with Crippen molar-refractivity contribution in [3.8, 4) is 0 Å². The third-order valence-electron chi connectivity index (χ3n) is 4.28. The summed E-state index contributed by atoms with van der Waals surface area (Å²) in [6.45, 7) is 3.79. The first-order valence-corrected chi connectivity index (χ1v) is 6.91. The Kier molecular flexibility index (Phi) is 3.28. The largest absolute Gasteiger partial charge is 0.416 e. The van der Waals surface area contributed by atoms with E-state index in [9.17, 15) is 13.2 Å². The molecule has 20 heavy (non-hydrogen) atoms. The minimum absolute atomic E-state index is 0.214. The molecule has 3 nitrogen and oxygen atoms in total. The van der Waals surface area contributed by atoms with Gasteiger partial charge < -0.3 is 10.6 Å². The number of nitrogens with two attached hydrogens (primary N) is 1. The maximum absolute atomic E-state index is 12.6. The average molecular weight is 285 g/mol. The zero-order valence-electron chi connectivity index (χ0n) is 11.2. The zero-order chi connectivity index (χ0) is 14.3. The van der Waals surface area contributed by atoms with Gasteiger partial charge in [-0.25, -0.2) is 0 Å². The fourth-order valence-corrected chi connectivity index (χ4v) is 3.23. The lowest BCUT2D eigenvalue weighted by molar-refractivity contribution is -0.137. The second kappa shape index (κ2) is 4.84. The summed E-state index contributed by atoms with van der Waals surface area (Å²) in [4.78, 5) is 4.57. The van der Waals surface area contributed by atoms with Crippen LogP contribution in [-0.4, -0.2) is 37.1 Å². The van der Waals surface area contributed by atoms with E-state index >= 15 is 0 Å².